The third-order valence-corrected chi connectivity index (χ3v) is 4.46. The number of carbonyl (C=O) groups excluding carboxylic acids is 1. The van der Waals surface area contributed by atoms with Gasteiger partial charge in [-0.3, -0.25) is 0 Å². The van der Waals surface area contributed by atoms with Gasteiger partial charge in [-0.2, -0.15) is 0 Å². The van der Waals surface area contributed by atoms with Gasteiger partial charge in [-0.1, -0.05) is 23.2 Å². The number of aromatic nitrogens is 1. The van der Waals surface area contributed by atoms with E-state index in [0.29, 0.717) is 16.6 Å². The van der Waals surface area contributed by atoms with E-state index < -0.39 is 5.60 Å². The largest absolute Gasteiger partial charge is 0.444 e. The number of halogens is 2. The van der Waals surface area contributed by atoms with Crippen molar-refractivity contribution in [3.63, 3.8) is 0 Å². The minimum absolute atomic E-state index is 0.0312. The molecule has 0 bridgehead atoms. The van der Waals surface area contributed by atoms with Crippen LogP contribution >= 0.6 is 23.2 Å². The van der Waals surface area contributed by atoms with Gasteiger partial charge in [-0.25, -0.2) is 4.79 Å². The van der Waals surface area contributed by atoms with Crippen LogP contribution in [0, 0.1) is 0 Å². The summed E-state index contributed by atoms with van der Waals surface area (Å²) in [5, 5.41) is 5.01. The Morgan fingerprint density at radius 2 is 2.09 bits per heavy atom. The molecule has 1 atom stereocenters. The lowest BCUT2D eigenvalue weighted by atomic mass is 10.2. The normalized spacial score (nSPS) is 17.6. The smallest absolute Gasteiger partial charge is 0.407 e. The van der Waals surface area contributed by atoms with Gasteiger partial charge in [0.2, 0.25) is 0 Å². The van der Waals surface area contributed by atoms with Crippen LogP contribution in [0.25, 0.3) is 10.9 Å². The van der Waals surface area contributed by atoms with Crippen LogP contribution in [0.3, 0.4) is 0 Å². The Labute approximate surface area is 139 Å². The van der Waals surface area contributed by atoms with E-state index in [9.17, 15) is 4.79 Å². The molecular formula is C16H18Cl2N2O2. The topological polar surface area (TPSA) is 43.3 Å². The molecule has 0 fully saturated rings. The van der Waals surface area contributed by atoms with Crippen molar-refractivity contribution < 1.29 is 9.53 Å². The number of hydrogen-bond acceptors (Lipinski definition) is 2. The SMILES string of the molecule is CC(C)(C)OC(=O)NC1Cc2cc3c(Cl)c(Cl)ccc3n2C1. The Balaban J connectivity index is 1.77. The number of fused-ring (bicyclic) bond motifs is 3. The third-order valence-electron chi connectivity index (χ3n) is 3.64. The van der Waals surface area contributed by atoms with Crippen LogP contribution in [0.1, 0.15) is 26.5 Å². The minimum atomic E-state index is -0.491. The molecular weight excluding hydrogens is 323 g/mol. The first-order valence-corrected chi connectivity index (χ1v) is 7.96. The third kappa shape index (κ3) is 2.90. The lowest BCUT2D eigenvalue weighted by molar-refractivity contribution is 0.0504. The summed E-state index contributed by atoms with van der Waals surface area (Å²) >= 11 is 12.3. The highest BCUT2D eigenvalue weighted by atomic mass is 35.5. The Bertz CT molecular complexity index is 747. The second-order valence-electron chi connectivity index (χ2n) is 6.59. The van der Waals surface area contributed by atoms with Crippen molar-refractivity contribution in [1.29, 1.82) is 0 Å². The second kappa shape index (κ2) is 5.36. The van der Waals surface area contributed by atoms with E-state index in [-0.39, 0.29) is 12.1 Å². The van der Waals surface area contributed by atoms with Crippen molar-refractivity contribution in [2.75, 3.05) is 0 Å². The van der Waals surface area contributed by atoms with Crippen molar-refractivity contribution in [1.82, 2.24) is 9.88 Å². The van der Waals surface area contributed by atoms with Gasteiger partial charge in [0, 0.05) is 29.6 Å². The monoisotopic (exact) mass is 340 g/mol. The van der Waals surface area contributed by atoms with Gasteiger partial charge >= 0.3 is 6.09 Å². The number of nitrogens with one attached hydrogen (secondary N) is 1. The maximum atomic E-state index is 11.9. The predicted octanol–water partition coefficient (Wildman–Crippen LogP) is 4.40. The maximum Gasteiger partial charge on any atom is 0.407 e. The molecule has 1 N–H and O–H groups in total. The lowest BCUT2D eigenvalue weighted by Crippen LogP contribution is -2.39. The standard InChI is InChI=1S/C16H18Cl2N2O2/c1-16(2,3)22-15(21)19-9-6-10-7-11-13(20(10)8-9)5-4-12(17)14(11)18/h4-5,7,9H,6,8H2,1-3H3,(H,19,21). The van der Waals surface area contributed by atoms with Crippen molar-refractivity contribution in [3.05, 3.63) is 33.9 Å². The number of carbonyl (C=O) groups is 1. The van der Waals surface area contributed by atoms with Crippen LogP contribution in [-0.2, 0) is 17.7 Å². The van der Waals surface area contributed by atoms with E-state index in [4.69, 9.17) is 27.9 Å². The van der Waals surface area contributed by atoms with E-state index in [1.165, 1.54) is 0 Å². The van der Waals surface area contributed by atoms with E-state index >= 15 is 0 Å². The first kappa shape index (κ1) is 15.5. The van der Waals surface area contributed by atoms with Crippen LogP contribution in [0.4, 0.5) is 4.79 Å². The Morgan fingerprint density at radius 1 is 1.36 bits per heavy atom. The molecule has 1 aliphatic heterocycles. The molecule has 0 aliphatic carbocycles. The Hall–Kier alpha value is -1.39. The lowest BCUT2D eigenvalue weighted by Gasteiger charge is -2.21. The summed E-state index contributed by atoms with van der Waals surface area (Å²) in [5.74, 6) is 0. The van der Waals surface area contributed by atoms with Gasteiger partial charge in [0.1, 0.15) is 5.60 Å². The summed E-state index contributed by atoms with van der Waals surface area (Å²) in [4.78, 5) is 11.9. The number of hydrogen-bond donors (Lipinski definition) is 1. The zero-order chi connectivity index (χ0) is 16.1. The minimum Gasteiger partial charge on any atom is -0.444 e. The molecule has 118 valence electrons. The number of amides is 1. The van der Waals surface area contributed by atoms with Gasteiger partial charge < -0.3 is 14.6 Å². The van der Waals surface area contributed by atoms with Gasteiger partial charge in [0.15, 0.2) is 0 Å². The summed E-state index contributed by atoms with van der Waals surface area (Å²) in [6, 6.07) is 5.83. The van der Waals surface area contributed by atoms with E-state index in [1.807, 2.05) is 32.9 Å². The van der Waals surface area contributed by atoms with E-state index in [1.54, 1.807) is 6.07 Å². The highest BCUT2D eigenvalue weighted by molar-refractivity contribution is 6.45. The highest BCUT2D eigenvalue weighted by Gasteiger charge is 2.27. The molecule has 6 heteroatoms. The van der Waals surface area contributed by atoms with Gasteiger partial charge in [-0.15, -0.1) is 0 Å². The molecule has 22 heavy (non-hydrogen) atoms. The van der Waals surface area contributed by atoms with E-state index in [2.05, 4.69) is 9.88 Å². The first-order chi connectivity index (χ1) is 10.2. The number of rotatable bonds is 1. The average molecular weight is 341 g/mol. The molecule has 3 rings (SSSR count). The van der Waals surface area contributed by atoms with Crippen molar-refractivity contribution >= 4 is 40.2 Å². The summed E-state index contributed by atoms with van der Waals surface area (Å²) in [7, 11) is 0. The second-order valence-corrected chi connectivity index (χ2v) is 7.37. The number of nitrogens with zero attached hydrogens (tertiary/aromatic N) is 1. The Morgan fingerprint density at radius 3 is 2.77 bits per heavy atom. The summed E-state index contributed by atoms with van der Waals surface area (Å²) < 4.78 is 7.47. The maximum absolute atomic E-state index is 11.9. The first-order valence-electron chi connectivity index (χ1n) is 7.20. The average Bonchev–Trinajstić information content (AvgIpc) is 2.89. The van der Waals surface area contributed by atoms with Crippen molar-refractivity contribution in [2.45, 2.75) is 45.4 Å². The number of alkyl carbamates (subject to hydrolysis) is 1. The molecule has 1 aromatic heterocycles. The van der Waals surface area contributed by atoms with Gasteiger partial charge in [-0.05, 0) is 39.0 Å². The highest BCUT2D eigenvalue weighted by Crippen LogP contribution is 2.35. The van der Waals surface area contributed by atoms with Crippen LogP contribution < -0.4 is 5.32 Å². The molecule has 1 aromatic carbocycles. The van der Waals surface area contributed by atoms with E-state index in [0.717, 1.165) is 23.0 Å². The molecule has 0 saturated heterocycles. The fourth-order valence-electron chi connectivity index (χ4n) is 2.82. The number of benzene rings is 1. The van der Waals surface area contributed by atoms with Gasteiger partial charge in [0.25, 0.3) is 0 Å². The fraction of sp³-hybridized carbons (Fsp3) is 0.438. The molecule has 2 heterocycles. The predicted molar refractivity (Wildman–Crippen MR) is 88.8 cm³/mol. The molecule has 0 saturated carbocycles. The molecule has 4 nitrogen and oxygen atoms in total. The molecule has 0 spiro atoms. The molecule has 1 aliphatic rings. The van der Waals surface area contributed by atoms with Gasteiger partial charge in [0.05, 0.1) is 16.1 Å². The zero-order valence-corrected chi connectivity index (χ0v) is 14.3. The van der Waals surface area contributed by atoms with Crippen LogP contribution in [0.2, 0.25) is 10.0 Å². The summed E-state index contributed by atoms with van der Waals surface area (Å²) in [6.07, 6.45) is 0.371. The quantitative estimate of drug-likeness (QED) is 0.836. The zero-order valence-electron chi connectivity index (χ0n) is 12.7. The molecule has 1 unspecified atom stereocenters. The van der Waals surface area contributed by atoms with Crippen molar-refractivity contribution in [2.24, 2.45) is 0 Å². The summed E-state index contributed by atoms with van der Waals surface area (Å²) in [6.45, 7) is 6.26. The molecule has 2 aromatic rings. The number of ether oxygens (including phenoxy) is 1. The van der Waals surface area contributed by atoms with Crippen LogP contribution in [0.5, 0.6) is 0 Å². The molecule has 0 radical (unpaired) electrons. The van der Waals surface area contributed by atoms with Crippen molar-refractivity contribution in [3.8, 4) is 0 Å². The fourth-order valence-corrected chi connectivity index (χ4v) is 3.20. The molecule has 1 amide bonds. The van der Waals surface area contributed by atoms with Crippen LogP contribution in [-0.4, -0.2) is 22.3 Å². The summed E-state index contributed by atoms with van der Waals surface area (Å²) in [5.41, 5.74) is 1.69. The Kier molecular flexibility index (Phi) is 3.77. The van der Waals surface area contributed by atoms with Crippen LogP contribution in [0.15, 0.2) is 18.2 Å².